The number of aromatic nitrogens is 4. The molecule has 3 aromatic heterocycles. The Morgan fingerprint density at radius 3 is 1.67 bits per heavy atom. The minimum absolute atomic E-state index is 0.705. The van der Waals surface area contributed by atoms with Crippen molar-refractivity contribution in [3.05, 3.63) is 170 Å². The molecule has 0 spiro atoms. The third-order valence-corrected chi connectivity index (χ3v) is 9.58. The molecule has 49 heavy (non-hydrogen) atoms. The van der Waals surface area contributed by atoms with E-state index in [1.807, 2.05) is 18.2 Å². The summed E-state index contributed by atoms with van der Waals surface area (Å²) in [7, 11) is 0. The fraction of sp³-hybridized carbons (Fsp3) is 0. The predicted octanol–water partition coefficient (Wildman–Crippen LogP) is 11.4. The van der Waals surface area contributed by atoms with Crippen molar-refractivity contribution in [2.75, 3.05) is 0 Å². The van der Waals surface area contributed by atoms with E-state index in [9.17, 15) is 0 Å². The Morgan fingerprint density at radius 2 is 0.898 bits per heavy atom. The van der Waals surface area contributed by atoms with Crippen molar-refractivity contribution in [1.29, 1.82) is 0 Å². The standard InChI is InChI=1S/C45H28N4/c1-3-13-29(14-4-1)43-34-18-8-11-21-38(34)47-45(48-43)31-25-23-30(24-26-31)44-36-27-28-40-42(41(36)33-17-7-10-20-37(33)46-44)35-19-9-12-22-39(35)49(40)32-15-5-2-6-16-32/h1-28H. The van der Waals surface area contributed by atoms with Gasteiger partial charge in [-0.25, -0.2) is 15.0 Å². The number of hydrogen-bond donors (Lipinski definition) is 0. The number of hydrogen-bond acceptors (Lipinski definition) is 3. The third-order valence-electron chi connectivity index (χ3n) is 9.58. The van der Waals surface area contributed by atoms with E-state index in [2.05, 4.69) is 156 Å². The van der Waals surface area contributed by atoms with E-state index < -0.39 is 0 Å². The maximum absolute atomic E-state index is 5.28. The predicted molar refractivity (Wildman–Crippen MR) is 203 cm³/mol. The van der Waals surface area contributed by atoms with E-state index in [1.165, 1.54) is 27.2 Å². The van der Waals surface area contributed by atoms with Crippen LogP contribution in [-0.4, -0.2) is 19.5 Å². The van der Waals surface area contributed by atoms with E-state index in [-0.39, 0.29) is 0 Å². The number of fused-ring (bicyclic) bond motifs is 8. The quantitative estimate of drug-likeness (QED) is 0.183. The summed E-state index contributed by atoms with van der Waals surface area (Å²) in [4.78, 5) is 15.4. The van der Waals surface area contributed by atoms with E-state index in [0.717, 1.165) is 61.0 Å². The van der Waals surface area contributed by atoms with Gasteiger partial charge in [-0.3, -0.25) is 0 Å². The van der Waals surface area contributed by atoms with Crippen molar-refractivity contribution in [3.63, 3.8) is 0 Å². The van der Waals surface area contributed by atoms with Gasteiger partial charge in [0.2, 0.25) is 0 Å². The van der Waals surface area contributed by atoms with Crippen molar-refractivity contribution < 1.29 is 0 Å². The summed E-state index contributed by atoms with van der Waals surface area (Å²) in [6, 6.07) is 59.5. The molecule has 0 atom stereocenters. The van der Waals surface area contributed by atoms with Crippen molar-refractivity contribution in [1.82, 2.24) is 19.5 Å². The molecular formula is C45H28N4. The lowest BCUT2D eigenvalue weighted by molar-refractivity contribution is 1.18. The average Bonchev–Trinajstić information content (AvgIpc) is 3.52. The summed E-state index contributed by atoms with van der Waals surface area (Å²) in [5, 5.41) is 7.01. The van der Waals surface area contributed by atoms with Crippen LogP contribution in [0.2, 0.25) is 0 Å². The maximum Gasteiger partial charge on any atom is 0.160 e. The van der Waals surface area contributed by atoms with Crippen LogP contribution >= 0.6 is 0 Å². The van der Waals surface area contributed by atoms with Gasteiger partial charge in [-0.05, 0) is 36.4 Å². The fourth-order valence-electron chi connectivity index (χ4n) is 7.37. The van der Waals surface area contributed by atoms with Gasteiger partial charge < -0.3 is 4.57 Å². The van der Waals surface area contributed by atoms with Gasteiger partial charge in [0, 0.05) is 54.7 Å². The smallest absolute Gasteiger partial charge is 0.160 e. The molecule has 228 valence electrons. The third kappa shape index (κ3) is 4.35. The minimum Gasteiger partial charge on any atom is -0.309 e. The van der Waals surface area contributed by atoms with E-state index in [0.29, 0.717) is 5.82 Å². The lowest BCUT2D eigenvalue weighted by Gasteiger charge is -2.13. The van der Waals surface area contributed by atoms with E-state index >= 15 is 0 Å². The number of benzene rings is 7. The molecule has 0 aliphatic heterocycles. The van der Waals surface area contributed by atoms with Crippen molar-refractivity contribution in [3.8, 4) is 39.6 Å². The first-order valence-corrected chi connectivity index (χ1v) is 16.5. The first kappa shape index (κ1) is 27.5. The largest absolute Gasteiger partial charge is 0.309 e. The molecule has 0 unspecified atom stereocenters. The zero-order valence-electron chi connectivity index (χ0n) is 26.5. The zero-order valence-corrected chi connectivity index (χ0v) is 26.5. The second-order valence-electron chi connectivity index (χ2n) is 12.4. The van der Waals surface area contributed by atoms with Crippen LogP contribution in [0.25, 0.3) is 94.0 Å². The Kier molecular flexibility index (Phi) is 6.15. The summed E-state index contributed by atoms with van der Waals surface area (Å²) in [6.45, 7) is 0. The van der Waals surface area contributed by atoms with Crippen molar-refractivity contribution in [2.24, 2.45) is 0 Å². The van der Waals surface area contributed by atoms with Gasteiger partial charge in [0.15, 0.2) is 5.82 Å². The molecule has 10 aromatic rings. The first-order chi connectivity index (χ1) is 24.3. The number of pyridine rings is 1. The summed E-state index contributed by atoms with van der Waals surface area (Å²) >= 11 is 0. The lowest BCUT2D eigenvalue weighted by Crippen LogP contribution is -1.95. The molecule has 0 bridgehead atoms. The molecule has 0 fully saturated rings. The van der Waals surface area contributed by atoms with Crippen LogP contribution in [-0.2, 0) is 0 Å². The zero-order chi connectivity index (χ0) is 32.3. The van der Waals surface area contributed by atoms with Gasteiger partial charge in [-0.2, -0.15) is 0 Å². The molecule has 4 nitrogen and oxygen atoms in total. The molecule has 0 saturated carbocycles. The van der Waals surface area contributed by atoms with Gasteiger partial charge in [-0.1, -0.05) is 133 Å². The molecule has 10 rings (SSSR count). The van der Waals surface area contributed by atoms with Gasteiger partial charge >= 0.3 is 0 Å². The lowest BCUT2D eigenvalue weighted by atomic mass is 9.96. The molecular weight excluding hydrogens is 597 g/mol. The molecule has 4 heteroatoms. The summed E-state index contributed by atoms with van der Waals surface area (Å²) in [5.74, 6) is 0.705. The Morgan fingerprint density at radius 1 is 0.327 bits per heavy atom. The maximum atomic E-state index is 5.28. The highest BCUT2D eigenvalue weighted by atomic mass is 15.0. The Balaban J connectivity index is 1.19. The van der Waals surface area contributed by atoms with Gasteiger partial charge in [0.05, 0.1) is 33.5 Å². The highest BCUT2D eigenvalue weighted by Gasteiger charge is 2.19. The second-order valence-corrected chi connectivity index (χ2v) is 12.4. The second kappa shape index (κ2) is 11.0. The first-order valence-electron chi connectivity index (χ1n) is 16.5. The Labute approximate surface area is 282 Å². The van der Waals surface area contributed by atoms with E-state index in [1.54, 1.807) is 0 Å². The van der Waals surface area contributed by atoms with Crippen LogP contribution in [0.5, 0.6) is 0 Å². The molecule has 7 aromatic carbocycles. The van der Waals surface area contributed by atoms with Crippen LogP contribution in [0.1, 0.15) is 0 Å². The van der Waals surface area contributed by atoms with Crippen molar-refractivity contribution in [2.45, 2.75) is 0 Å². The average molecular weight is 625 g/mol. The molecule has 0 amide bonds. The summed E-state index contributed by atoms with van der Waals surface area (Å²) in [6.07, 6.45) is 0. The topological polar surface area (TPSA) is 43.6 Å². The van der Waals surface area contributed by atoms with Crippen LogP contribution < -0.4 is 0 Å². The van der Waals surface area contributed by atoms with Gasteiger partial charge in [0.25, 0.3) is 0 Å². The number of nitrogens with zero attached hydrogens (tertiary/aromatic N) is 4. The fourth-order valence-corrected chi connectivity index (χ4v) is 7.37. The molecule has 0 aliphatic carbocycles. The Hall–Kier alpha value is -6.65. The normalized spacial score (nSPS) is 11.7. The molecule has 3 heterocycles. The number of rotatable bonds is 4. The van der Waals surface area contributed by atoms with Crippen LogP contribution in [0.3, 0.4) is 0 Å². The SMILES string of the molecule is c1ccc(-c2nc(-c3ccc(-c4nc5ccccc5c5c4ccc4c5c5ccccc5n4-c4ccccc4)cc3)nc3ccccc23)cc1. The highest BCUT2D eigenvalue weighted by Crippen LogP contribution is 2.42. The van der Waals surface area contributed by atoms with Crippen LogP contribution in [0, 0.1) is 0 Å². The number of para-hydroxylation sites is 4. The highest BCUT2D eigenvalue weighted by molar-refractivity contribution is 6.29. The van der Waals surface area contributed by atoms with Crippen molar-refractivity contribution >= 4 is 54.4 Å². The molecule has 0 radical (unpaired) electrons. The molecule has 0 aliphatic rings. The van der Waals surface area contributed by atoms with E-state index in [4.69, 9.17) is 15.0 Å². The van der Waals surface area contributed by atoms with Gasteiger partial charge in [-0.15, -0.1) is 0 Å². The molecule has 0 N–H and O–H groups in total. The van der Waals surface area contributed by atoms with Crippen LogP contribution in [0.15, 0.2) is 170 Å². The Bertz CT molecular complexity index is 2860. The summed E-state index contributed by atoms with van der Waals surface area (Å²) in [5.41, 5.74) is 10.4. The minimum atomic E-state index is 0.705. The monoisotopic (exact) mass is 624 g/mol. The molecule has 0 saturated heterocycles. The van der Waals surface area contributed by atoms with Gasteiger partial charge in [0.1, 0.15) is 0 Å². The van der Waals surface area contributed by atoms with Crippen LogP contribution in [0.4, 0.5) is 0 Å². The summed E-state index contributed by atoms with van der Waals surface area (Å²) < 4.78 is 2.38.